The average molecular weight is 225 g/mol. The molecule has 0 amide bonds. The van der Waals surface area contributed by atoms with Crippen molar-refractivity contribution in [1.82, 2.24) is 5.32 Å². The van der Waals surface area contributed by atoms with Crippen LogP contribution in [0.4, 0.5) is 0 Å². The van der Waals surface area contributed by atoms with Gasteiger partial charge in [0, 0.05) is 25.3 Å². The van der Waals surface area contributed by atoms with Gasteiger partial charge in [-0.1, -0.05) is 0 Å². The van der Waals surface area contributed by atoms with Crippen molar-refractivity contribution in [2.24, 2.45) is 0 Å². The van der Waals surface area contributed by atoms with Crippen molar-refractivity contribution >= 4 is 0 Å². The summed E-state index contributed by atoms with van der Waals surface area (Å²) >= 11 is 0. The van der Waals surface area contributed by atoms with E-state index in [1.165, 1.54) is 0 Å². The summed E-state index contributed by atoms with van der Waals surface area (Å²) in [5.74, 6) is 1.56. The molecule has 1 atom stereocenters. The lowest BCUT2D eigenvalue weighted by Crippen LogP contribution is -2.19. The number of nitrogens with one attached hydrogen (secondary N) is 1. The van der Waals surface area contributed by atoms with Gasteiger partial charge in [0.15, 0.2) is 0 Å². The highest BCUT2D eigenvalue weighted by atomic mass is 16.5. The number of hydrogen-bond donors (Lipinski definition) is 1. The Balaban J connectivity index is 3.01. The van der Waals surface area contributed by atoms with E-state index in [0.717, 1.165) is 23.6 Å². The van der Waals surface area contributed by atoms with Crippen molar-refractivity contribution in [2.75, 3.05) is 34.9 Å². The molecule has 4 nitrogen and oxygen atoms in total. The molecule has 1 N–H and O–H groups in total. The molecule has 0 unspecified atom stereocenters. The van der Waals surface area contributed by atoms with Crippen molar-refractivity contribution in [2.45, 2.75) is 6.10 Å². The molecule has 0 aliphatic heterocycles. The summed E-state index contributed by atoms with van der Waals surface area (Å²) < 4.78 is 15.9. The van der Waals surface area contributed by atoms with E-state index in [2.05, 4.69) is 5.32 Å². The number of likely N-dealkylation sites (N-methyl/N-ethyl adjacent to an activating group) is 1. The molecular formula is C12H19NO3. The zero-order valence-corrected chi connectivity index (χ0v) is 10.2. The number of hydrogen-bond acceptors (Lipinski definition) is 4. The minimum absolute atomic E-state index is 0.0224. The first-order valence-electron chi connectivity index (χ1n) is 5.16. The summed E-state index contributed by atoms with van der Waals surface area (Å²) in [6, 6.07) is 5.72. The van der Waals surface area contributed by atoms with Crippen molar-refractivity contribution in [3.8, 4) is 11.5 Å². The van der Waals surface area contributed by atoms with Crippen molar-refractivity contribution in [3.63, 3.8) is 0 Å². The third-order valence-corrected chi connectivity index (χ3v) is 2.46. The molecule has 0 bridgehead atoms. The van der Waals surface area contributed by atoms with E-state index in [0.29, 0.717) is 0 Å². The maximum absolute atomic E-state index is 5.41. The van der Waals surface area contributed by atoms with Crippen LogP contribution in [0.1, 0.15) is 11.7 Å². The van der Waals surface area contributed by atoms with E-state index in [1.807, 2.05) is 25.2 Å². The third-order valence-electron chi connectivity index (χ3n) is 2.46. The Labute approximate surface area is 96.5 Å². The van der Waals surface area contributed by atoms with Crippen LogP contribution in [0.3, 0.4) is 0 Å². The van der Waals surface area contributed by atoms with Gasteiger partial charge in [-0.25, -0.2) is 0 Å². The topological polar surface area (TPSA) is 39.7 Å². The quantitative estimate of drug-likeness (QED) is 0.798. The summed E-state index contributed by atoms with van der Waals surface area (Å²) in [6.07, 6.45) is -0.0224. The van der Waals surface area contributed by atoms with E-state index in [1.54, 1.807) is 21.3 Å². The molecule has 0 fully saturated rings. The van der Waals surface area contributed by atoms with Gasteiger partial charge in [-0.2, -0.15) is 0 Å². The molecule has 90 valence electrons. The predicted octanol–water partition coefficient (Wildman–Crippen LogP) is 1.61. The molecule has 4 heteroatoms. The summed E-state index contributed by atoms with van der Waals surface area (Å²) in [6.45, 7) is 0.735. The SMILES string of the molecule is CNC[C@@H](OC)c1ccc(OC)cc1OC. The van der Waals surface area contributed by atoms with E-state index in [9.17, 15) is 0 Å². The van der Waals surface area contributed by atoms with Crippen LogP contribution < -0.4 is 14.8 Å². The van der Waals surface area contributed by atoms with Crippen LogP contribution in [-0.4, -0.2) is 34.9 Å². The first kappa shape index (κ1) is 12.8. The lowest BCUT2D eigenvalue weighted by molar-refractivity contribution is 0.102. The first-order valence-corrected chi connectivity index (χ1v) is 5.16. The highest BCUT2D eigenvalue weighted by molar-refractivity contribution is 5.42. The fourth-order valence-electron chi connectivity index (χ4n) is 1.59. The Morgan fingerprint density at radius 1 is 1.19 bits per heavy atom. The molecule has 0 saturated carbocycles. The van der Waals surface area contributed by atoms with Crippen LogP contribution in [0, 0.1) is 0 Å². The van der Waals surface area contributed by atoms with Gasteiger partial charge in [0.1, 0.15) is 11.5 Å². The monoisotopic (exact) mass is 225 g/mol. The highest BCUT2D eigenvalue weighted by Gasteiger charge is 2.15. The zero-order chi connectivity index (χ0) is 12.0. The molecule has 0 aliphatic rings. The Kier molecular flexibility index (Phi) is 5.08. The van der Waals surface area contributed by atoms with Gasteiger partial charge in [-0.05, 0) is 19.2 Å². The number of methoxy groups -OCH3 is 3. The molecule has 0 aliphatic carbocycles. The minimum Gasteiger partial charge on any atom is -0.497 e. The molecule has 0 heterocycles. The Bertz CT molecular complexity index is 328. The highest BCUT2D eigenvalue weighted by Crippen LogP contribution is 2.30. The summed E-state index contributed by atoms with van der Waals surface area (Å²) in [5.41, 5.74) is 1.01. The van der Waals surface area contributed by atoms with Crippen LogP contribution in [0.15, 0.2) is 18.2 Å². The minimum atomic E-state index is -0.0224. The molecule has 0 radical (unpaired) electrons. The second-order valence-corrected chi connectivity index (χ2v) is 3.39. The van der Waals surface area contributed by atoms with Crippen LogP contribution in [0.25, 0.3) is 0 Å². The maximum Gasteiger partial charge on any atom is 0.128 e. The molecule has 0 saturated heterocycles. The van der Waals surface area contributed by atoms with Crippen LogP contribution in [0.5, 0.6) is 11.5 Å². The normalized spacial score (nSPS) is 12.2. The van der Waals surface area contributed by atoms with Gasteiger partial charge in [0.05, 0.1) is 20.3 Å². The fraction of sp³-hybridized carbons (Fsp3) is 0.500. The Morgan fingerprint density at radius 2 is 1.94 bits per heavy atom. The standard InChI is InChI=1S/C12H19NO3/c1-13-8-12(16-4)10-6-5-9(14-2)7-11(10)15-3/h5-7,12-13H,8H2,1-4H3/t12-/m1/s1. The number of rotatable bonds is 6. The Hall–Kier alpha value is -1.26. The van der Waals surface area contributed by atoms with Gasteiger partial charge in [0.2, 0.25) is 0 Å². The lowest BCUT2D eigenvalue weighted by atomic mass is 10.1. The van der Waals surface area contributed by atoms with E-state index < -0.39 is 0 Å². The van der Waals surface area contributed by atoms with Gasteiger partial charge in [-0.3, -0.25) is 0 Å². The van der Waals surface area contributed by atoms with Gasteiger partial charge in [-0.15, -0.1) is 0 Å². The first-order chi connectivity index (χ1) is 7.76. The molecular weight excluding hydrogens is 206 g/mol. The molecule has 0 spiro atoms. The molecule has 1 aromatic rings. The zero-order valence-electron chi connectivity index (χ0n) is 10.2. The van der Waals surface area contributed by atoms with Crippen LogP contribution >= 0.6 is 0 Å². The second kappa shape index (κ2) is 6.35. The van der Waals surface area contributed by atoms with Crippen molar-refractivity contribution in [1.29, 1.82) is 0 Å². The largest absolute Gasteiger partial charge is 0.497 e. The summed E-state index contributed by atoms with van der Waals surface area (Å²) in [4.78, 5) is 0. The lowest BCUT2D eigenvalue weighted by Gasteiger charge is -2.18. The van der Waals surface area contributed by atoms with Crippen molar-refractivity contribution in [3.05, 3.63) is 23.8 Å². The van der Waals surface area contributed by atoms with E-state index >= 15 is 0 Å². The van der Waals surface area contributed by atoms with Crippen molar-refractivity contribution < 1.29 is 14.2 Å². The van der Waals surface area contributed by atoms with Gasteiger partial charge in [0.25, 0.3) is 0 Å². The van der Waals surface area contributed by atoms with Crippen LogP contribution in [0.2, 0.25) is 0 Å². The summed E-state index contributed by atoms with van der Waals surface area (Å²) in [7, 11) is 6.86. The molecule has 1 aromatic carbocycles. The number of benzene rings is 1. The van der Waals surface area contributed by atoms with E-state index in [-0.39, 0.29) is 6.10 Å². The predicted molar refractivity (Wildman–Crippen MR) is 63.2 cm³/mol. The molecule has 1 rings (SSSR count). The average Bonchev–Trinajstić information content (AvgIpc) is 2.35. The maximum atomic E-state index is 5.41. The van der Waals surface area contributed by atoms with Gasteiger partial charge >= 0.3 is 0 Å². The summed E-state index contributed by atoms with van der Waals surface area (Å²) in [5, 5.41) is 3.09. The molecule has 0 aromatic heterocycles. The number of ether oxygens (including phenoxy) is 3. The smallest absolute Gasteiger partial charge is 0.128 e. The van der Waals surface area contributed by atoms with E-state index in [4.69, 9.17) is 14.2 Å². The molecule has 16 heavy (non-hydrogen) atoms. The van der Waals surface area contributed by atoms with Gasteiger partial charge < -0.3 is 19.5 Å². The Morgan fingerprint density at radius 3 is 2.44 bits per heavy atom. The third kappa shape index (κ3) is 2.87. The van der Waals surface area contributed by atoms with Crippen LogP contribution in [-0.2, 0) is 4.74 Å². The second-order valence-electron chi connectivity index (χ2n) is 3.39. The fourth-order valence-corrected chi connectivity index (χ4v) is 1.59.